The SMILES string of the molecule is CC1(C)c2cc3nc(-c4ccccc4)c4c5ccc(o5)c4c3cc2-c2cc3c(cc21)nc(-c1ccccc1)c1c2ccc(o2)c31. The van der Waals surface area contributed by atoms with Crippen LogP contribution in [0.25, 0.3) is 99.3 Å². The van der Waals surface area contributed by atoms with Crippen molar-refractivity contribution in [1.29, 1.82) is 0 Å². The fraction of sp³-hybridized carbons (Fsp3) is 0.0732. The average molecular weight is 577 g/mol. The molecule has 4 bridgehead atoms. The molecule has 6 heterocycles. The summed E-state index contributed by atoms with van der Waals surface area (Å²) in [5.74, 6) is 0. The van der Waals surface area contributed by atoms with E-state index >= 15 is 0 Å². The largest absolute Gasteiger partial charge is 0.456 e. The molecular formula is C41H24N2O2. The van der Waals surface area contributed by atoms with Crippen LogP contribution in [0.2, 0.25) is 0 Å². The van der Waals surface area contributed by atoms with Gasteiger partial charge in [-0.15, -0.1) is 0 Å². The lowest BCUT2D eigenvalue weighted by molar-refractivity contribution is 0.661. The van der Waals surface area contributed by atoms with Crippen molar-refractivity contribution < 1.29 is 8.83 Å². The first kappa shape index (κ1) is 23.7. The van der Waals surface area contributed by atoms with Gasteiger partial charge >= 0.3 is 0 Å². The number of hydrogen-bond acceptors (Lipinski definition) is 4. The van der Waals surface area contributed by atoms with Crippen molar-refractivity contribution in [1.82, 2.24) is 9.97 Å². The molecule has 4 nitrogen and oxygen atoms in total. The summed E-state index contributed by atoms with van der Waals surface area (Å²) in [6, 6.07) is 38.5. The van der Waals surface area contributed by atoms with Crippen molar-refractivity contribution in [3.8, 4) is 33.6 Å². The van der Waals surface area contributed by atoms with Crippen LogP contribution in [0, 0.1) is 0 Å². The second kappa shape index (κ2) is 7.85. The molecule has 4 heteroatoms. The Bertz CT molecular complexity index is 2630. The Labute approximate surface area is 257 Å². The lowest BCUT2D eigenvalue weighted by Gasteiger charge is -2.22. The average Bonchev–Trinajstić information content (AvgIpc) is 3.92. The molecule has 0 atom stereocenters. The minimum Gasteiger partial charge on any atom is -0.456 e. The van der Waals surface area contributed by atoms with Gasteiger partial charge in [0.05, 0.1) is 33.2 Å². The van der Waals surface area contributed by atoms with Gasteiger partial charge in [0.25, 0.3) is 0 Å². The van der Waals surface area contributed by atoms with Crippen LogP contribution in [-0.4, -0.2) is 9.97 Å². The van der Waals surface area contributed by atoms with E-state index in [4.69, 9.17) is 18.8 Å². The van der Waals surface area contributed by atoms with Crippen LogP contribution in [0.5, 0.6) is 0 Å². The summed E-state index contributed by atoms with van der Waals surface area (Å²) < 4.78 is 12.6. The van der Waals surface area contributed by atoms with E-state index in [0.29, 0.717) is 0 Å². The molecule has 0 saturated carbocycles. The van der Waals surface area contributed by atoms with E-state index in [9.17, 15) is 0 Å². The van der Waals surface area contributed by atoms with Crippen LogP contribution in [-0.2, 0) is 5.41 Å². The lowest BCUT2D eigenvalue weighted by Crippen LogP contribution is -2.15. The first-order valence-electron chi connectivity index (χ1n) is 15.4. The Morgan fingerprint density at radius 1 is 0.467 bits per heavy atom. The van der Waals surface area contributed by atoms with Gasteiger partial charge < -0.3 is 8.83 Å². The lowest BCUT2D eigenvalue weighted by atomic mass is 9.81. The van der Waals surface area contributed by atoms with Crippen LogP contribution in [0.15, 0.2) is 118 Å². The number of furan rings is 4. The van der Waals surface area contributed by atoms with Gasteiger partial charge in [0.15, 0.2) is 0 Å². The Balaban J connectivity index is 1.23. The highest BCUT2D eigenvalue weighted by Gasteiger charge is 2.37. The van der Waals surface area contributed by atoms with Crippen LogP contribution < -0.4 is 0 Å². The minimum absolute atomic E-state index is 0.233. The van der Waals surface area contributed by atoms with E-state index in [2.05, 4.69) is 111 Å². The van der Waals surface area contributed by atoms with Crippen molar-refractivity contribution in [2.24, 2.45) is 0 Å². The highest BCUT2D eigenvalue weighted by Crippen LogP contribution is 2.53. The zero-order valence-corrected chi connectivity index (χ0v) is 24.6. The molecule has 0 N–H and O–H groups in total. The first-order chi connectivity index (χ1) is 22.0. The molecule has 4 aromatic carbocycles. The molecule has 0 saturated heterocycles. The van der Waals surface area contributed by atoms with Crippen molar-refractivity contribution >= 4 is 65.7 Å². The predicted molar refractivity (Wildman–Crippen MR) is 182 cm³/mol. The maximum absolute atomic E-state index is 6.28. The van der Waals surface area contributed by atoms with Gasteiger partial charge in [0.2, 0.25) is 0 Å². The number of fused-ring (bicyclic) bond motifs is 17. The van der Waals surface area contributed by atoms with Crippen molar-refractivity contribution in [2.75, 3.05) is 0 Å². The van der Waals surface area contributed by atoms with Gasteiger partial charge in [0, 0.05) is 38.1 Å². The molecule has 0 radical (unpaired) electrons. The Hall–Kier alpha value is -5.74. The topological polar surface area (TPSA) is 52.1 Å². The van der Waals surface area contributed by atoms with Gasteiger partial charge in [-0.1, -0.05) is 74.5 Å². The summed E-state index contributed by atoms with van der Waals surface area (Å²) in [6.45, 7) is 4.65. The van der Waals surface area contributed by atoms with Crippen LogP contribution >= 0.6 is 0 Å². The summed E-state index contributed by atoms with van der Waals surface area (Å²) in [7, 11) is 0. The molecule has 0 fully saturated rings. The molecule has 1 aliphatic rings. The van der Waals surface area contributed by atoms with Crippen molar-refractivity contribution in [2.45, 2.75) is 19.3 Å². The van der Waals surface area contributed by atoms with Gasteiger partial charge in [-0.2, -0.15) is 0 Å². The maximum Gasteiger partial charge on any atom is 0.137 e. The van der Waals surface area contributed by atoms with E-state index in [1.807, 2.05) is 12.1 Å². The summed E-state index contributed by atoms with van der Waals surface area (Å²) >= 11 is 0. The van der Waals surface area contributed by atoms with Crippen molar-refractivity contribution in [3.63, 3.8) is 0 Å². The Kier molecular flexibility index (Phi) is 4.13. The number of hydrogen-bond donors (Lipinski definition) is 0. The number of nitrogens with zero attached hydrogens (tertiary/aromatic N) is 2. The summed E-state index contributed by atoms with van der Waals surface area (Å²) in [4.78, 5) is 10.6. The molecule has 1 aliphatic carbocycles. The third-order valence-corrected chi connectivity index (χ3v) is 10.2. The fourth-order valence-electron chi connectivity index (χ4n) is 8.06. The quantitative estimate of drug-likeness (QED) is 0.192. The summed E-state index contributed by atoms with van der Waals surface area (Å²) in [5, 5.41) is 6.71. The number of rotatable bonds is 2. The molecule has 10 aromatic rings. The molecule has 0 aliphatic heterocycles. The number of benzene rings is 6. The van der Waals surface area contributed by atoms with Crippen LogP contribution in [0.4, 0.5) is 0 Å². The molecule has 11 rings (SSSR count). The Morgan fingerprint density at radius 3 is 1.29 bits per heavy atom. The zero-order valence-electron chi connectivity index (χ0n) is 24.6. The standard InChI is InChI=1S/C41H24N2O2/c1-41(2)27-19-29-25(35-31-13-15-33(44-31)37(35)39(42-29)21-9-5-3-6-10-21)17-23(27)24-18-26-30(20-28(24)41)43-40(22-11-7-4-8-12-22)38-34-16-14-32(45-34)36(26)38/h3-20H,1-2H3. The van der Waals surface area contributed by atoms with E-state index in [1.54, 1.807) is 0 Å². The third-order valence-electron chi connectivity index (χ3n) is 10.2. The second-order valence-electron chi connectivity index (χ2n) is 12.9. The normalized spacial score (nSPS) is 14.2. The third kappa shape index (κ3) is 2.88. The number of pyridine rings is 2. The molecule has 0 spiro atoms. The summed E-state index contributed by atoms with van der Waals surface area (Å²) in [5.41, 5.74) is 14.5. The Morgan fingerprint density at radius 2 is 0.867 bits per heavy atom. The second-order valence-corrected chi connectivity index (χ2v) is 12.9. The molecule has 6 aromatic heterocycles. The molecule has 0 unspecified atom stereocenters. The van der Waals surface area contributed by atoms with Gasteiger partial charge in [-0.25, -0.2) is 9.97 Å². The van der Waals surface area contributed by atoms with Crippen LogP contribution in [0.1, 0.15) is 25.0 Å². The molecular weight excluding hydrogens is 552 g/mol. The van der Waals surface area contributed by atoms with Crippen molar-refractivity contribution in [3.05, 3.63) is 120 Å². The number of aromatic nitrogens is 2. The minimum atomic E-state index is -0.233. The van der Waals surface area contributed by atoms with Gasteiger partial charge in [-0.05, 0) is 70.8 Å². The van der Waals surface area contributed by atoms with Gasteiger partial charge in [0.1, 0.15) is 22.3 Å². The highest BCUT2D eigenvalue weighted by molar-refractivity contribution is 6.26. The molecule has 45 heavy (non-hydrogen) atoms. The maximum atomic E-state index is 6.28. The fourth-order valence-corrected chi connectivity index (χ4v) is 8.06. The van der Waals surface area contributed by atoms with E-state index in [1.165, 1.54) is 22.3 Å². The summed E-state index contributed by atoms with van der Waals surface area (Å²) in [6.07, 6.45) is 0. The zero-order chi connectivity index (χ0) is 29.6. The predicted octanol–water partition coefficient (Wildman–Crippen LogP) is 11.1. The first-order valence-corrected chi connectivity index (χ1v) is 15.4. The van der Waals surface area contributed by atoms with E-state index in [-0.39, 0.29) is 5.41 Å². The van der Waals surface area contributed by atoms with Crippen LogP contribution in [0.3, 0.4) is 0 Å². The monoisotopic (exact) mass is 576 g/mol. The molecule has 210 valence electrons. The molecule has 0 amide bonds. The van der Waals surface area contributed by atoms with E-state index < -0.39 is 0 Å². The smallest absolute Gasteiger partial charge is 0.137 e. The highest BCUT2D eigenvalue weighted by atomic mass is 16.3. The van der Waals surface area contributed by atoms with E-state index in [0.717, 1.165) is 88.2 Å². The van der Waals surface area contributed by atoms with Gasteiger partial charge in [-0.3, -0.25) is 0 Å².